The van der Waals surface area contributed by atoms with Gasteiger partial charge in [-0.1, -0.05) is 48.5 Å². The van der Waals surface area contributed by atoms with E-state index in [2.05, 4.69) is 43.1 Å². The van der Waals surface area contributed by atoms with Crippen LogP contribution in [0.4, 0.5) is 0 Å². The third-order valence-electron chi connectivity index (χ3n) is 5.16. The maximum Gasteiger partial charge on any atom is 0.129 e. The van der Waals surface area contributed by atoms with Crippen LogP contribution < -0.4 is 4.74 Å². The largest absolute Gasteiger partial charge is 0.457 e. The topological polar surface area (TPSA) is 39.9 Å². The molecule has 0 saturated heterocycles. The van der Waals surface area contributed by atoms with Crippen LogP contribution in [0.25, 0.3) is 27.4 Å². The third kappa shape index (κ3) is 3.88. The maximum absolute atomic E-state index is 6.18. The molecule has 0 amide bonds. The Morgan fingerprint density at radius 3 is 2.32 bits per heavy atom. The number of benzene rings is 3. The number of nitrogens with zero attached hydrogens (tertiary/aromatic N) is 3. The monoisotopic (exact) mass is 423 g/mol. The summed E-state index contributed by atoms with van der Waals surface area (Å²) in [5.74, 6) is 1.55. The second-order valence-electron chi connectivity index (χ2n) is 7.29. The van der Waals surface area contributed by atoms with Crippen LogP contribution in [0.2, 0.25) is 0 Å². The van der Waals surface area contributed by atoms with Crippen LogP contribution in [0, 0.1) is 13.8 Å². The minimum Gasteiger partial charge on any atom is -0.457 e. The van der Waals surface area contributed by atoms with Gasteiger partial charge in [0.25, 0.3) is 0 Å². The van der Waals surface area contributed by atoms with Gasteiger partial charge >= 0.3 is 0 Å². The van der Waals surface area contributed by atoms with Crippen LogP contribution in [0.1, 0.15) is 11.4 Å². The lowest BCUT2D eigenvalue weighted by atomic mass is 10.0. The summed E-state index contributed by atoms with van der Waals surface area (Å²) in [6.45, 7) is 4.16. The molecule has 0 atom stereocenters. The Hall–Kier alpha value is -3.70. The molecule has 2 heterocycles. The Balaban J connectivity index is 1.46. The van der Waals surface area contributed by atoms with Crippen LogP contribution in [-0.4, -0.2) is 14.8 Å². The SMILES string of the molecule is Cc1nn(-c2cccc(Oc3cccc(-c4nccs4)c3)c2)c(C)c1-c1ccccc1. The molecule has 0 unspecified atom stereocenters. The Morgan fingerprint density at radius 2 is 1.55 bits per heavy atom. The molecule has 0 bridgehead atoms. The highest BCUT2D eigenvalue weighted by Crippen LogP contribution is 2.31. The van der Waals surface area contributed by atoms with Crippen LogP contribution in [-0.2, 0) is 0 Å². The Kier molecular flexibility index (Phi) is 5.10. The lowest BCUT2D eigenvalue weighted by Gasteiger charge is -2.10. The first-order valence-electron chi connectivity index (χ1n) is 10.1. The Bertz CT molecular complexity index is 1320. The van der Waals surface area contributed by atoms with Crippen LogP contribution in [0.3, 0.4) is 0 Å². The molecule has 152 valence electrons. The zero-order chi connectivity index (χ0) is 21.2. The molecular formula is C26H21N3OS. The van der Waals surface area contributed by atoms with Gasteiger partial charge in [-0.05, 0) is 43.7 Å². The summed E-state index contributed by atoms with van der Waals surface area (Å²) < 4.78 is 8.16. The van der Waals surface area contributed by atoms with Crippen molar-refractivity contribution < 1.29 is 4.74 Å². The minimum absolute atomic E-state index is 0.766. The van der Waals surface area contributed by atoms with Crippen LogP contribution in [0.15, 0.2) is 90.4 Å². The predicted octanol–water partition coefficient (Wildman–Crippen LogP) is 7.07. The summed E-state index contributed by atoms with van der Waals surface area (Å²) in [5, 5.41) is 7.77. The van der Waals surface area contributed by atoms with Crippen molar-refractivity contribution in [1.29, 1.82) is 0 Å². The molecule has 0 spiro atoms. The van der Waals surface area contributed by atoms with Crippen molar-refractivity contribution in [3.8, 4) is 38.9 Å². The molecule has 2 aromatic heterocycles. The van der Waals surface area contributed by atoms with Gasteiger partial charge in [0.1, 0.15) is 16.5 Å². The molecule has 4 nitrogen and oxygen atoms in total. The zero-order valence-corrected chi connectivity index (χ0v) is 18.1. The average Bonchev–Trinajstić information content (AvgIpc) is 3.43. The normalized spacial score (nSPS) is 10.9. The number of rotatable bonds is 5. The van der Waals surface area contributed by atoms with Gasteiger partial charge in [-0.25, -0.2) is 9.67 Å². The number of thiazole rings is 1. The fourth-order valence-electron chi connectivity index (χ4n) is 3.79. The Labute approximate surface area is 185 Å². The van der Waals surface area contributed by atoms with E-state index in [9.17, 15) is 0 Å². The van der Waals surface area contributed by atoms with E-state index in [0.29, 0.717) is 0 Å². The van der Waals surface area contributed by atoms with E-state index in [4.69, 9.17) is 9.84 Å². The van der Waals surface area contributed by atoms with E-state index in [1.54, 1.807) is 11.3 Å². The highest BCUT2D eigenvalue weighted by Gasteiger charge is 2.15. The number of hydrogen-bond donors (Lipinski definition) is 0. The van der Waals surface area contributed by atoms with E-state index >= 15 is 0 Å². The van der Waals surface area contributed by atoms with Gasteiger partial charge < -0.3 is 4.74 Å². The number of hydrogen-bond acceptors (Lipinski definition) is 4. The highest BCUT2D eigenvalue weighted by atomic mass is 32.1. The summed E-state index contributed by atoms with van der Waals surface area (Å²) in [7, 11) is 0. The van der Waals surface area contributed by atoms with Crippen molar-refractivity contribution >= 4 is 11.3 Å². The van der Waals surface area contributed by atoms with E-state index in [1.807, 2.05) is 70.9 Å². The van der Waals surface area contributed by atoms with Gasteiger partial charge in [0.05, 0.1) is 11.4 Å². The number of aryl methyl sites for hydroxylation is 1. The molecule has 0 radical (unpaired) electrons. The smallest absolute Gasteiger partial charge is 0.129 e. The third-order valence-corrected chi connectivity index (χ3v) is 5.99. The van der Waals surface area contributed by atoms with Gasteiger partial charge in [-0.3, -0.25) is 0 Å². The zero-order valence-electron chi connectivity index (χ0n) is 17.3. The van der Waals surface area contributed by atoms with Crippen LogP contribution >= 0.6 is 11.3 Å². The van der Waals surface area contributed by atoms with Crippen molar-refractivity contribution in [2.24, 2.45) is 0 Å². The predicted molar refractivity (Wildman–Crippen MR) is 126 cm³/mol. The number of aromatic nitrogens is 3. The van der Waals surface area contributed by atoms with Crippen molar-refractivity contribution in [1.82, 2.24) is 14.8 Å². The Morgan fingerprint density at radius 1 is 0.806 bits per heavy atom. The van der Waals surface area contributed by atoms with Crippen molar-refractivity contribution in [3.05, 3.63) is 102 Å². The summed E-state index contributed by atoms with van der Waals surface area (Å²) >= 11 is 1.62. The van der Waals surface area contributed by atoms with Gasteiger partial charge in [-0.15, -0.1) is 11.3 Å². The fourth-order valence-corrected chi connectivity index (χ4v) is 4.43. The first-order valence-corrected chi connectivity index (χ1v) is 11.0. The quantitative estimate of drug-likeness (QED) is 0.303. The lowest BCUT2D eigenvalue weighted by Crippen LogP contribution is -1.99. The second kappa shape index (κ2) is 8.20. The average molecular weight is 424 g/mol. The molecular weight excluding hydrogens is 402 g/mol. The molecule has 31 heavy (non-hydrogen) atoms. The van der Waals surface area contributed by atoms with E-state index in [-0.39, 0.29) is 0 Å². The molecule has 0 aliphatic rings. The standard InChI is InChI=1S/C26H21N3OS/c1-18-25(20-8-4-3-5-9-20)19(2)29(28-18)22-11-7-13-24(17-22)30-23-12-6-10-21(16-23)26-27-14-15-31-26/h3-17H,1-2H3. The molecule has 5 aromatic rings. The van der Waals surface area contributed by atoms with Gasteiger partial charge in [-0.2, -0.15) is 5.10 Å². The molecule has 0 N–H and O–H groups in total. The molecule has 0 saturated carbocycles. The van der Waals surface area contributed by atoms with Gasteiger partial charge in [0.2, 0.25) is 0 Å². The van der Waals surface area contributed by atoms with Crippen molar-refractivity contribution in [2.75, 3.05) is 0 Å². The summed E-state index contributed by atoms with van der Waals surface area (Å²) in [6, 6.07) is 26.4. The van der Waals surface area contributed by atoms with Gasteiger partial charge in [0.15, 0.2) is 0 Å². The summed E-state index contributed by atoms with van der Waals surface area (Å²) in [5.41, 5.74) is 6.47. The van der Waals surface area contributed by atoms with Crippen LogP contribution in [0.5, 0.6) is 11.5 Å². The second-order valence-corrected chi connectivity index (χ2v) is 8.18. The molecule has 3 aromatic carbocycles. The summed E-state index contributed by atoms with van der Waals surface area (Å²) in [6.07, 6.45) is 1.81. The van der Waals surface area contributed by atoms with E-state index in [0.717, 1.165) is 39.1 Å². The van der Waals surface area contributed by atoms with Crippen molar-refractivity contribution in [3.63, 3.8) is 0 Å². The fraction of sp³-hybridized carbons (Fsp3) is 0.0769. The van der Waals surface area contributed by atoms with Crippen molar-refractivity contribution in [2.45, 2.75) is 13.8 Å². The van der Waals surface area contributed by atoms with E-state index in [1.165, 1.54) is 11.1 Å². The minimum atomic E-state index is 0.766. The first-order chi connectivity index (χ1) is 15.2. The molecule has 0 aliphatic heterocycles. The molecule has 0 aliphatic carbocycles. The highest BCUT2D eigenvalue weighted by molar-refractivity contribution is 7.13. The summed E-state index contributed by atoms with van der Waals surface area (Å²) in [4.78, 5) is 4.39. The van der Waals surface area contributed by atoms with E-state index < -0.39 is 0 Å². The maximum atomic E-state index is 6.18. The molecule has 5 heteroatoms. The molecule has 5 rings (SSSR count). The molecule has 0 fully saturated rings. The lowest BCUT2D eigenvalue weighted by molar-refractivity contribution is 0.482. The first kappa shape index (κ1) is 19.3. The number of ether oxygens (including phenoxy) is 1. The van der Waals surface area contributed by atoms with Gasteiger partial charge in [0, 0.05) is 34.5 Å².